The lowest BCUT2D eigenvalue weighted by atomic mass is 9.87. The molecule has 1 aromatic rings. The molecule has 100 valence electrons. The van der Waals surface area contributed by atoms with Crippen molar-refractivity contribution < 1.29 is 0 Å². The minimum Gasteiger partial charge on any atom is -0.309 e. The Bertz CT molecular complexity index is 393. The van der Waals surface area contributed by atoms with Crippen molar-refractivity contribution in [1.82, 2.24) is 15.2 Å². The zero-order valence-electron chi connectivity index (χ0n) is 11.4. The normalized spacial score (nSPS) is 26.8. The Morgan fingerprint density at radius 1 is 1.39 bits per heavy atom. The average Bonchev–Trinajstić information content (AvgIpc) is 2.95. The minimum atomic E-state index is 0.227. The fourth-order valence-corrected chi connectivity index (χ4v) is 4.09. The first-order valence-electron chi connectivity index (χ1n) is 6.98. The Hall–Kier alpha value is -0.450. The molecule has 3 nitrogen and oxygen atoms in total. The van der Waals surface area contributed by atoms with Crippen molar-refractivity contribution in [2.24, 2.45) is 0 Å². The van der Waals surface area contributed by atoms with Crippen LogP contribution in [-0.4, -0.2) is 34.1 Å². The van der Waals surface area contributed by atoms with Crippen LogP contribution in [0, 0.1) is 0 Å². The molecule has 1 saturated heterocycles. The van der Waals surface area contributed by atoms with E-state index >= 15 is 0 Å². The van der Waals surface area contributed by atoms with Gasteiger partial charge in [-0.2, -0.15) is 0 Å². The van der Waals surface area contributed by atoms with Gasteiger partial charge in [-0.25, -0.2) is 4.98 Å². The fraction of sp³-hybridized carbons (Fsp3) is 0.786. The second-order valence-corrected chi connectivity index (χ2v) is 7.43. The summed E-state index contributed by atoms with van der Waals surface area (Å²) in [5.74, 6) is 0. The van der Waals surface area contributed by atoms with Gasteiger partial charge < -0.3 is 5.32 Å². The quantitative estimate of drug-likeness (QED) is 0.891. The van der Waals surface area contributed by atoms with Gasteiger partial charge in [0.2, 0.25) is 0 Å². The predicted octanol–water partition coefficient (Wildman–Crippen LogP) is 2.64. The van der Waals surface area contributed by atoms with Crippen molar-refractivity contribution in [3.8, 4) is 0 Å². The number of thiazole rings is 1. The molecule has 3 rings (SSSR count). The summed E-state index contributed by atoms with van der Waals surface area (Å²) in [6, 6.07) is 0. The highest BCUT2D eigenvalue weighted by Crippen LogP contribution is 2.39. The van der Waals surface area contributed by atoms with E-state index in [1.807, 2.05) is 6.20 Å². The molecule has 1 aliphatic heterocycles. The summed E-state index contributed by atoms with van der Waals surface area (Å²) in [4.78, 5) is 7.17. The number of hydrogen-bond acceptors (Lipinski definition) is 4. The molecule has 0 atom stereocenters. The highest BCUT2D eigenvalue weighted by Gasteiger charge is 2.45. The molecule has 1 aromatic heterocycles. The number of rotatable bonds is 2. The highest BCUT2D eigenvalue weighted by molar-refractivity contribution is 7.09. The van der Waals surface area contributed by atoms with Crippen LogP contribution in [0.1, 0.15) is 44.5 Å². The Morgan fingerprint density at radius 2 is 2.17 bits per heavy atom. The molecule has 0 radical (unpaired) electrons. The van der Waals surface area contributed by atoms with Gasteiger partial charge in [-0.15, -0.1) is 11.3 Å². The zero-order chi connectivity index (χ0) is 12.6. The first-order chi connectivity index (χ1) is 8.60. The van der Waals surface area contributed by atoms with E-state index in [0.717, 1.165) is 19.6 Å². The standard InChI is InChI=1S/C14H23N3S/c1-13(2)11-17(9-12-15-7-8-18-12)14(10-16-13)5-3-4-6-14/h7-8,16H,3-6,9-11H2,1-2H3. The maximum atomic E-state index is 4.47. The van der Waals surface area contributed by atoms with Crippen molar-refractivity contribution in [3.05, 3.63) is 16.6 Å². The molecule has 2 fully saturated rings. The Balaban J connectivity index is 1.81. The second kappa shape index (κ2) is 4.58. The van der Waals surface area contributed by atoms with Crippen LogP contribution in [0.25, 0.3) is 0 Å². The van der Waals surface area contributed by atoms with Crippen LogP contribution in [0.5, 0.6) is 0 Å². The Kier molecular flexibility index (Phi) is 3.20. The van der Waals surface area contributed by atoms with E-state index in [4.69, 9.17) is 0 Å². The van der Waals surface area contributed by atoms with Gasteiger partial charge in [0.25, 0.3) is 0 Å². The first kappa shape index (κ1) is 12.6. The number of piperazine rings is 1. The topological polar surface area (TPSA) is 28.2 Å². The third-order valence-electron chi connectivity index (χ3n) is 4.50. The van der Waals surface area contributed by atoms with Crippen molar-refractivity contribution in [2.75, 3.05) is 13.1 Å². The van der Waals surface area contributed by atoms with Gasteiger partial charge in [0, 0.05) is 35.7 Å². The van der Waals surface area contributed by atoms with Crippen molar-refractivity contribution in [2.45, 2.75) is 57.2 Å². The van der Waals surface area contributed by atoms with Gasteiger partial charge in [-0.05, 0) is 26.7 Å². The molecule has 1 spiro atoms. The molecule has 0 aromatic carbocycles. The molecule has 0 unspecified atom stereocenters. The molecule has 1 N–H and O–H groups in total. The lowest BCUT2D eigenvalue weighted by Gasteiger charge is -2.51. The second-order valence-electron chi connectivity index (χ2n) is 6.45. The molecule has 2 aliphatic rings. The predicted molar refractivity (Wildman–Crippen MR) is 75.8 cm³/mol. The molecule has 0 amide bonds. The molecule has 18 heavy (non-hydrogen) atoms. The van der Waals surface area contributed by atoms with Crippen LogP contribution in [0.15, 0.2) is 11.6 Å². The molecule has 0 bridgehead atoms. The summed E-state index contributed by atoms with van der Waals surface area (Å²) in [7, 11) is 0. The third kappa shape index (κ3) is 2.33. The largest absolute Gasteiger partial charge is 0.309 e. The van der Waals surface area contributed by atoms with Crippen LogP contribution in [0.2, 0.25) is 0 Å². The van der Waals surface area contributed by atoms with Gasteiger partial charge in [0.1, 0.15) is 5.01 Å². The zero-order valence-corrected chi connectivity index (χ0v) is 12.2. The molecule has 1 saturated carbocycles. The summed E-state index contributed by atoms with van der Waals surface area (Å²) in [6.07, 6.45) is 7.39. The number of hydrogen-bond donors (Lipinski definition) is 1. The lowest BCUT2D eigenvalue weighted by molar-refractivity contribution is 0.0121. The van der Waals surface area contributed by atoms with Gasteiger partial charge in [0.05, 0.1) is 6.54 Å². The van der Waals surface area contributed by atoms with Gasteiger partial charge in [0.15, 0.2) is 0 Å². The van der Waals surface area contributed by atoms with E-state index in [2.05, 4.69) is 34.4 Å². The molecular weight excluding hydrogens is 242 g/mol. The fourth-order valence-electron chi connectivity index (χ4n) is 3.46. The summed E-state index contributed by atoms with van der Waals surface area (Å²) in [5, 5.41) is 7.09. The molecule has 4 heteroatoms. The van der Waals surface area contributed by atoms with E-state index in [1.54, 1.807) is 11.3 Å². The van der Waals surface area contributed by atoms with Crippen molar-refractivity contribution in [1.29, 1.82) is 0 Å². The maximum Gasteiger partial charge on any atom is 0.107 e. The number of nitrogens with one attached hydrogen (secondary N) is 1. The molecule has 2 heterocycles. The SMILES string of the molecule is CC1(C)CN(Cc2nccs2)C2(CCCC2)CN1. The van der Waals surface area contributed by atoms with Gasteiger partial charge in [-0.3, -0.25) is 4.90 Å². The van der Waals surface area contributed by atoms with Crippen LogP contribution >= 0.6 is 11.3 Å². The molecule has 1 aliphatic carbocycles. The maximum absolute atomic E-state index is 4.47. The highest BCUT2D eigenvalue weighted by atomic mass is 32.1. The van der Waals surface area contributed by atoms with Crippen LogP contribution < -0.4 is 5.32 Å². The smallest absolute Gasteiger partial charge is 0.107 e. The average molecular weight is 265 g/mol. The van der Waals surface area contributed by atoms with Crippen molar-refractivity contribution in [3.63, 3.8) is 0 Å². The van der Waals surface area contributed by atoms with Gasteiger partial charge in [-0.1, -0.05) is 12.8 Å². The van der Waals surface area contributed by atoms with E-state index in [1.165, 1.54) is 30.7 Å². The van der Waals surface area contributed by atoms with E-state index in [9.17, 15) is 0 Å². The molecular formula is C14H23N3S. The van der Waals surface area contributed by atoms with E-state index < -0.39 is 0 Å². The minimum absolute atomic E-state index is 0.227. The monoisotopic (exact) mass is 265 g/mol. The Labute approximate surface area is 114 Å². The summed E-state index contributed by atoms with van der Waals surface area (Å²) in [5.41, 5.74) is 0.631. The first-order valence-corrected chi connectivity index (χ1v) is 7.86. The van der Waals surface area contributed by atoms with E-state index in [0.29, 0.717) is 5.54 Å². The summed E-state index contributed by atoms with van der Waals surface area (Å²) >= 11 is 1.79. The van der Waals surface area contributed by atoms with Crippen LogP contribution in [-0.2, 0) is 6.54 Å². The van der Waals surface area contributed by atoms with Gasteiger partial charge >= 0.3 is 0 Å². The lowest BCUT2D eigenvalue weighted by Crippen LogP contribution is -2.66. The summed E-state index contributed by atoms with van der Waals surface area (Å²) in [6.45, 7) is 7.92. The van der Waals surface area contributed by atoms with Crippen LogP contribution in [0.3, 0.4) is 0 Å². The summed E-state index contributed by atoms with van der Waals surface area (Å²) < 4.78 is 0. The Morgan fingerprint density at radius 3 is 2.83 bits per heavy atom. The van der Waals surface area contributed by atoms with E-state index in [-0.39, 0.29) is 5.54 Å². The third-order valence-corrected chi connectivity index (χ3v) is 5.26. The van der Waals surface area contributed by atoms with Crippen LogP contribution in [0.4, 0.5) is 0 Å². The number of nitrogens with zero attached hydrogens (tertiary/aromatic N) is 2. The number of aromatic nitrogens is 1. The van der Waals surface area contributed by atoms with Crippen molar-refractivity contribution >= 4 is 11.3 Å².